The van der Waals surface area contributed by atoms with E-state index in [0.717, 1.165) is 6.42 Å². The third-order valence-electron chi connectivity index (χ3n) is 5.32. The van der Waals surface area contributed by atoms with Gasteiger partial charge in [-0.25, -0.2) is 0 Å². The minimum Gasteiger partial charge on any atom is -0.497 e. The molecule has 1 N–H and O–H groups in total. The van der Waals surface area contributed by atoms with Crippen molar-refractivity contribution in [3.05, 3.63) is 53.7 Å². The number of methoxy groups -OCH3 is 2. The van der Waals surface area contributed by atoms with Crippen LogP contribution in [-0.2, 0) is 14.3 Å². The second-order valence-electron chi connectivity index (χ2n) is 7.63. The molecule has 2 amide bonds. The van der Waals surface area contributed by atoms with Crippen LogP contribution in [0.15, 0.2) is 48.2 Å². The predicted molar refractivity (Wildman–Crippen MR) is 130 cm³/mol. The van der Waals surface area contributed by atoms with Crippen LogP contribution in [0.2, 0.25) is 0 Å². The van der Waals surface area contributed by atoms with Gasteiger partial charge in [0.15, 0.2) is 0 Å². The first kappa shape index (κ1) is 25.1. The molecule has 0 bridgehead atoms. The van der Waals surface area contributed by atoms with Gasteiger partial charge >= 0.3 is 0 Å². The molecule has 182 valence electrons. The van der Waals surface area contributed by atoms with Crippen LogP contribution in [0.25, 0.3) is 5.57 Å². The van der Waals surface area contributed by atoms with Crippen LogP contribution in [0.1, 0.15) is 32.3 Å². The van der Waals surface area contributed by atoms with Gasteiger partial charge in [0.25, 0.3) is 11.8 Å². The molecule has 1 aliphatic heterocycles. The first-order valence-corrected chi connectivity index (χ1v) is 11.4. The predicted octanol–water partition coefficient (Wildman–Crippen LogP) is 4.11. The average Bonchev–Trinajstić information content (AvgIpc) is 3.09. The zero-order valence-electron chi connectivity index (χ0n) is 20.2. The summed E-state index contributed by atoms with van der Waals surface area (Å²) in [5.74, 6) is 1.07. The van der Waals surface area contributed by atoms with Gasteiger partial charge in [-0.05, 0) is 49.6 Å². The first-order chi connectivity index (χ1) is 16.5. The van der Waals surface area contributed by atoms with Crippen molar-refractivity contribution in [1.82, 2.24) is 4.90 Å². The van der Waals surface area contributed by atoms with Gasteiger partial charge in [0.05, 0.1) is 32.1 Å². The topological polar surface area (TPSA) is 86.3 Å². The smallest absolute Gasteiger partial charge is 0.278 e. The molecule has 3 rings (SSSR count). The maximum Gasteiger partial charge on any atom is 0.278 e. The molecule has 0 aliphatic carbocycles. The van der Waals surface area contributed by atoms with E-state index in [1.54, 1.807) is 56.7 Å². The van der Waals surface area contributed by atoms with Crippen LogP contribution in [0.5, 0.6) is 17.2 Å². The Balaban J connectivity index is 1.98. The van der Waals surface area contributed by atoms with E-state index in [-0.39, 0.29) is 18.1 Å². The molecule has 0 saturated heterocycles. The summed E-state index contributed by atoms with van der Waals surface area (Å²) in [6, 6.07) is 12.4. The molecule has 2 aromatic carbocycles. The number of nitrogens with one attached hydrogen (secondary N) is 1. The average molecular weight is 469 g/mol. The van der Waals surface area contributed by atoms with Gasteiger partial charge in [-0.2, -0.15) is 0 Å². The number of carbonyl (C=O) groups is 2. The molecule has 0 unspecified atom stereocenters. The van der Waals surface area contributed by atoms with E-state index in [4.69, 9.17) is 18.9 Å². The van der Waals surface area contributed by atoms with E-state index in [2.05, 4.69) is 5.32 Å². The fraction of sp³-hybridized carbons (Fsp3) is 0.385. The number of amides is 2. The molecule has 1 aliphatic rings. The molecular weight excluding hydrogens is 436 g/mol. The lowest BCUT2D eigenvalue weighted by Crippen LogP contribution is -2.34. The highest BCUT2D eigenvalue weighted by molar-refractivity contribution is 6.36. The molecule has 34 heavy (non-hydrogen) atoms. The van der Waals surface area contributed by atoms with Crippen LogP contribution in [-0.4, -0.2) is 57.3 Å². The summed E-state index contributed by atoms with van der Waals surface area (Å²) in [5, 5.41) is 3.14. The Morgan fingerprint density at radius 3 is 2.26 bits per heavy atom. The van der Waals surface area contributed by atoms with E-state index in [9.17, 15) is 9.59 Å². The summed E-state index contributed by atoms with van der Waals surface area (Å²) in [5.41, 5.74) is 1.64. The Kier molecular flexibility index (Phi) is 8.93. The van der Waals surface area contributed by atoms with Crippen molar-refractivity contribution in [3.63, 3.8) is 0 Å². The maximum absolute atomic E-state index is 13.4. The van der Waals surface area contributed by atoms with E-state index >= 15 is 0 Å². The summed E-state index contributed by atoms with van der Waals surface area (Å²) in [4.78, 5) is 28.0. The molecular formula is C26H32N2O6. The van der Waals surface area contributed by atoms with Crippen molar-refractivity contribution in [1.29, 1.82) is 0 Å². The van der Waals surface area contributed by atoms with Crippen molar-refractivity contribution in [2.24, 2.45) is 0 Å². The molecule has 0 saturated carbocycles. The van der Waals surface area contributed by atoms with Crippen molar-refractivity contribution in [3.8, 4) is 17.2 Å². The Morgan fingerprint density at radius 2 is 1.62 bits per heavy atom. The Hall–Kier alpha value is -3.52. The van der Waals surface area contributed by atoms with Crippen molar-refractivity contribution >= 4 is 23.1 Å². The third kappa shape index (κ3) is 5.69. The zero-order chi connectivity index (χ0) is 24.5. The van der Waals surface area contributed by atoms with Crippen LogP contribution in [0.3, 0.4) is 0 Å². The summed E-state index contributed by atoms with van der Waals surface area (Å²) in [7, 11) is 3.10. The van der Waals surface area contributed by atoms with Crippen LogP contribution < -0.4 is 19.5 Å². The lowest BCUT2D eigenvalue weighted by atomic mass is 10.0. The van der Waals surface area contributed by atoms with Gasteiger partial charge in [-0.3, -0.25) is 14.5 Å². The molecule has 1 heterocycles. The normalized spacial score (nSPS) is 13.5. The maximum atomic E-state index is 13.4. The number of carbonyl (C=O) groups excluding carboxylic acids is 2. The summed E-state index contributed by atoms with van der Waals surface area (Å²) < 4.78 is 21.8. The Labute approximate surface area is 200 Å². The molecule has 0 fully saturated rings. The summed E-state index contributed by atoms with van der Waals surface area (Å²) >= 11 is 0. The first-order valence-electron chi connectivity index (χ1n) is 11.4. The molecule has 0 radical (unpaired) electrons. The molecule has 0 aromatic heterocycles. The molecule has 2 aromatic rings. The van der Waals surface area contributed by atoms with Crippen LogP contribution in [0.4, 0.5) is 5.69 Å². The zero-order valence-corrected chi connectivity index (χ0v) is 20.2. The van der Waals surface area contributed by atoms with Gasteiger partial charge in [-0.15, -0.1) is 0 Å². The van der Waals surface area contributed by atoms with E-state index in [0.29, 0.717) is 60.3 Å². The molecule has 8 nitrogen and oxygen atoms in total. The van der Waals surface area contributed by atoms with Crippen molar-refractivity contribution < 1.29 is 28.5 Å². The number of benzene rings is 2. The minimum atomic E-state index is -0.396. The monoisotopic (exact) mass is 468 g/mol. The number of anilines is 1. The largest absolute Gasteiger partial charge is 0.497 e. The van der Waals surface area contributed by atoms with E-state index in [1.165, 1.54) is 4.90 Å². The van der Waals surface area contributed by atoms with Gasteiger partial charge in [0.1, 0.15) is 22.9 Å². The second-order valence-corrected chi connectivity index (χ2v) is 7.63. The number of nitrogens with zero attached hydrogens (tertiary/aromatic N) is 1. The fourth-order valence-corrected chi connectivity index (χ4v) is 3.62. The van der Waals surface area contributed by atoms with Gasteiger partial charge < -0.3 is 24.3 Å². The van der Waals surface area contributed by atoms with Crippen molar-refractivity contribution in [2.45, 2.75) is 26.7 Å². The van der Waals surface area contributed by atoms with Crippen LogP contribution in [0, 0.1) is 0 Å². The van der Waals surface area contributed by atoms with Crippen molar-refractivity contribution in [2.75, 3.05) is 45.9 Å². The van der Waals surface area contributed by atoms with Gasteiger partial charge in [0.2, 0.25) is 0 Å². The summed E-state index contributed by atoms with van der Waals surface area (Å²) in [6.45, 7) is 5.87. The number of ether oxygens (including phenoxy) is 4. The molecule has 8 heteroatoms. The molecule has 0 atom stereocenters. The van der Waals surface area contributed by atoms with E-state index < -0.39 is 5.91 Å². The van der Waals surface area contributed by atoms with Gasteiger partial charge in [-0.1, -0.05) is 19.1 Å². The lowest BCUT2D eigenvalue weighted by molar-refractivity contribution is -0.137. The lowest BCUT2D eigenvalue weighted by Gasteiger charge is -2.16. The standard InChI is InChI=1S/C26H32N2O6/c1-5-15-34-19-10-8-18(9-11-19)23-24(26(30)28(25(23)29)14-7-16-33-6-2)27-21-17-20(31-3)12-13-22(21)32-4/h8-13,17,27H,5-7,14-16H2,1-4H3. The quantitative estimate of drug-likeness (QED) is 0.350. The SMILES string of the molecule is CCCOc1ccc(C2=C(Nc3cc(OC)ccc3OC)C(=O)N(CCCOCC)C2=O)cc1. The highest BCUT2D eigenvalue weighted by atomic mass is 16.5. The number of hydrogen-bond donors (Lipinski definition) is 1. The second kappa shape index (κ2) is 12.1. The third-order valence-corrected chi connectivity index (χ3v) is 5.32. The minimum absolute atomic E-state index is 0.190. The highest BCUT2D eigenvalue weighted by Crippen LogP contribution is 2.35. The Morgan fingerprint density at radius 1 is 0.882 bits per heavy atom. The molecule has 0 spiro atoms. The fourth-order valence-electron chi connectivity index (χ4n) is 3.62. The number of rotatable bonds is 13. The number of imide groups is 1. The van der Waals surface area contributed by atoms with Gasteiger partial charge in [0, 0.05) is 25.8 Å². The highest BCUT2D eigenvalue weighted by Gasteiger charge is 2.39. The Bertz CT molecular complexity index is 1030. The van der Waals surface area contributed by atoms with E-state index in [1.807, 2.05) is 13.8 Å². The van der Waals surface area contributed by atoms with Crippen LogP contribution >= 0.6 is 0 Å². The number of hydrogen-bond acceptors (Lipinski definition) is 7. The summed E-state index contributed by atoms with van der Waals surface area (Å²) in [6.07, 6.45) is 1.45.